The van der Waals surface area contributed by atoms with Crippen LogP contribution in [0.2, 0.25) is 0 Å². The van der Waals surface area contributed by atoms with E-state index in [9.17, 15) is 5.11 Å². The Kier molecular flexibility index (Phi) is 3.34. The molecule has 96 valence electrons. The number of benzene rings is 1. The normalized spacial score (nSPS) is 11.6. The van der Waals surface area contributed by atoms with E-state index in [1.807, 2.05) is 24.3 Å². The van der Waals surface area contributed by atoms with Crippen LogP contribution in [0.25, 0.3) is 5.69 Å². The number of nitrogens with zero attached hydrogens (tertiary/aromatic N) is 3. The second-order valence-electron chi connectivity index (χ2n) is 4.82. The molecule has 1 N–H and O–H groups in total. The van der Waals surface area contributed by atoms with Gasteiger partial charge in [-0.25, -0.2) is 4.68 Å². The van der Waals surface area contributed by atoms with E-state index >= 15 is 0 Å². The molecule has 0 saturated carbocycles. The van der Waals surface area contributed by atoms with E-state index in [1.54, 1.807) is 31.8 Å². The largest absolute Gasteiger partial charge is 0.497 e. The van der Waals surface area contributed by atoms with Crippen molar-refractivity contribution in [3.63, 3.8) is 0 Å². The third-order valence-corrected chi connectivity index (χ3v) is 2.55. The zero-order valence-corrected chi connectivity index (χ0v) is 10.8. The van der Waals surface area contributed by atoms with Gasteiger partial charge >= 0.3 is 0 Å². The number of rotatable bonds is 4. The van der Waals surface area contributed by atoms with Gasteiger partial charge in [0, 0.05) is 6.42 Å². The zero-order valence-electron chi connectivity index (χ0n) is 10.8. The summed E-state index contributed by atoms with van der Waals surface area (Å²) in [4.78, 5) is 0. The van der Waals surface area contributed by atoms with Gasteiger partial charge in [0.1, 0.15) is 5.75 Å². The van der Waals surface area contributed by atoms with Crippen LogP contribution < -0.4 is 4.74 Å². The van der Waals surface area contributed by atoms with Crippen LogP contribution in [0.4, 0.5) is 0 Å². The van der Waals surface area contributed by atoms with E-state index in [2.05, 4.69) is 10.3 Å². The monoisotopic (exact) mass is 247 g/mol. The standard InChI is InChI=1S/C13H17N3O2/c1-13(2,17)8-11-9-14-15-16(11)10-4-6-12(18-3)7-5-10/h4-7,9,17H,8H2,1-3H3. The lowest BCUT2D eigenvalue weighted by molar-refractivity contribution is 0.0793. The molecule has 0 saturated heterocycles. The maximum Gasteiger partial charge on any atom is 0.119 e. The molecule has 0 aliphatic rings. The maximum atomic E-state index is 9.85. The number of ether oxygens (including phenoxy) is 1. The predicted octanol–water partition coefficient (Wildman–Crippen LogP) is 1.59. The van der Waals surface area contributed by atoms with E-state index in [-0.39, 0.29) is 0 Å². The molecule has 5 nitrogen and oxygen atoms in total. The van der Waals surface area contributed by atoms with Crippen LogP contribution in [-0.2, 0) is 6.42 Å². The lowest BCUT2D eigenvalue weighted by Gasteiger charge is -2.17. The van der Waals surface area contributed by atoms with Crippen molar-refractivity contribution < 1.29 is 9.84 Å². The highest BCUT2D eigenvalue weighted by atomic mass is 16.5. The van der Waals surface area contributed by atoms with Crippen molar-refractivity contribution >= 4 is 0 Å². The van der Waals surface area contributed by atoms with E-state index in [0.717, 1.165) is 17.1 Å². The molecule has 1 heterocycles. The highest BCUT2D eigenvalue weighted by Gasteiger charge is 2.17. The Bertz CT molecular complexity index is 512. The molecule has 1 aromatic heterocycles. The molecule has 2 rings (SSSR count). The highest BCUT2D eigenvalue weighted by molar-refractivity contribution is 5.37. The minimum atomic E-state index is -0.786. The van der Waals surface area contributed by atoms with Crippen LogP contribution in [0.5, 0.6) is 5.75 Å². The summed E-state index contributed by atoms with van der Waals surface area (Å²) in [5.74, 6) is 0.794. The van der Waals surface area contributed by atoms with Gasteiger partial charge in [-0.15, -0.1) is 5.10 Å². The van der Waals surface area contributed by atoms with Crippen LogP contribution in [0.15, 0.2) is 30.5 Å². The Labute approximate surface area is 106 Å². The van der Waals surface area contributed by atoms with Crippen molar-refractivity contribution in [2.45, 2.75) is 25.9 Å². The second kappa shape index (κ2) is 4.78. The van der Waals surface area contributed by atoms with Gasteiger partial charge < -0.3 is 9.84 Å². The average molecular weight is 247 g/mol. The Morgan fingerprint density at radius 3 is 2.50 bits per heavy atom. The first kappa shape index (κ1) is 12.6. The summed E-state index contributed by atoms with van der Waals surface area (Å²) in [5.41, 5.74) is 0.978. The predicted molar refractivity (Wildman–Crippen MR) is 67.9 cm³/mol. The third-order valence-electron chi connectivity index (χ3n) is 2.55. The van der Waals surface area contributed by atoms with E-state index in [4.69, 9.17) is 4.74 Å². The van der Waals surface area contributed by atoms with E-state index < -0.39 is 5.60 Å². The summed E-state index contributed by atoms with van der Waals surface area (Å²) in [5, 5.41) is 17.8. The van der Waals surface area contributed by atoms with Gasteiger partial charge in [0.2, 0.25) is 0 Å². The van der Waals surface area contributed by atoms with Gasteiger partial charge in [-0.1, -0.05) is 5.21 Å². The molecule has 0 bridgehead atoms. The smallest absolute Gasteiger partial charge is 0.119 e. The van der Waals surface area contributed by atoms with Crippen LogP contribution in [0.1, 0.15) is 19.5 Å². The van der Waals surface area contributed by atoms with Gasteiger partial charge in [0.15, 0.2) is 0 Å². The topological polar surface area (TPSA) is 60.2 Å². The Morgan fingerprint density at radius 2 is 1.94 bits per heavy atom. The summed E-state index contributed by atoms with van der Waals surface area (Å²) in [6.07, 6.45) is 2.16. The molecule has 0 spiro atoms. The van der Waals surface area contributed by atoms with Gasteiger partial charge in [0.05, 0.1) is 30.3 Å². The molecule has 2 aromatic rings. The van der Waals surface area contributed by atoms with Gasteiger partial charge in [-0.2, -0.15) is 0 Å². The van der Waals surface area contributed by atoms with Gasteiger partial charge in [0.25, 0.3) is 0 Å². The first-order chi connectivity index (χ1) is 8.49. The first-order valence-corrected chi connectivity index (χ1v) is 5.76. The molecule has 0 unspecified atom stereocenters. The number of aliphatic hydroxyl groups is 1. The lowest BCUT2D eigenvalue weighted by atomic mass is 10.0. The van der Waals surface area contributed by atoms with Crippen LogP contribution in [0.3, 0.4) is 0 Å². The Hall–Kier alpha value is -1.88. The van der Waals surface area contributed by atoms with Crippen molar-refractivity contribution in [1.82, 2.24) is 15.0 Å². The minimum absolute atomic E-state index is 0.492. The highest BCUT2D eigenvalue weighted by Crippen LogP contribution is 2.18. The number of hydrogen-bond acceptors (Lipinski definition) is 4. The number of aromatic nitrogens is 3. The van der Waals surface area contributed by atoms with Gasteiger partial charge in [-0.05, 0) is 38.1 Å². The zero-order chi connectivity index (χ0) is 13.2. The van der Waals surface area contributed by atoms with Crippen molar-refractivity contribution in [2.75, 3.05) is 7.11 Å². The fraction of sp³-hybridized carbons (Fsp3) is 0.385. The molecule has 1 aromatic carbocycles. The SMILES string of the molecule is COc1ccc(-n2nncc2CC(C)(C)O)cc1. The van der Waals surface area contributed by atoms with Crippen molar-refractivity contribution in [3.8, 4) is 11.4 Å². The summed E-state index contributed by atoms with van der Waals surface area (Å²) >= 11 is 0. The van der Waals surface area contributed by atoms with Crippen LogP contribution >= 0.6 is 0 Å². The molecular formula is C13H17N3O2. The van der Waals surface area contributed by atoms with Crippen molar-refractivity contribution in [1.29, 1.82) is 0 Å². The maximum absolute atomic E-state index is 9.85. The Morgan fingerprint density at radius 1 is 1.28 bits per heavy atom. The molecule has 0 amide bonds. The lowest BCUT2D eigenvalue weighted by Crippen LogP contribution is -2.23. The van der Waals surface area contributed by atoms with E-state index in [1.165, 1.54) is 0 Å². The summed E-state index contributed by atoms with van der Waals surface area (Å²) in [6, 6.07) is 7.54. The molecule has 0 atom stereocenters. The van der Waals surface area contributed by atoms with Crippen LogP contribution in [0, 0.1) is 0 Å². The molecule has 5 heteroatoms. The van der Waals surface area contributed by atoms with Crippen molar-refractivity contribution in [3.05, 3.63) is 36.2 Å². The quantitative estimate of drug-likeness (QED) is 0.891. The number of methoxy groups -OCH3 is 1. The summed E-state index contributed by atoms with van der Waals surface area (Å²) in [7, 11) is 1.63. The second-order valence-corrected chi connectivity index (χ2v) is 4.82. The summed E-state index contributed by atoms with van der Waals surface area (Å²) in [6.45, 7) is 3.52. The molecular weight excluding hydrogens is 230 g/mol. The van der Waals surface area contributed by atoms with Gasteiger partial charge in [-0.3, -0.25) is 0 Å². The van der Waals surface area contributed by atoms with Crippen molar-refractivity contribution in [2.24, 2.45) is 0 Å². The molecule has 0 fully saturated rings. The van der Waals surface area contributed by atoms with Crippen LogP contribution in [-0.4, -0.2) is 32.8 Å². The molecule has 18 heavy (non-hydrogen) atoms. The number of hydrogen-bond donors (Lipinski definition) is 1. The molecule has 0 aliphatic heterocycles. The third kappa shape index (κ3) is 2.87. The fourth-order valence-electron chi connectivity index (χ4n) is 1.76. The molecule has 0 aliphatic carbocycles. The Balaban J connectivity index is 2.30. The van der Waals surface area contributed by atoms with E-state index in [0.29, 0.717) is 6.42 Å². The molecule has 0 radical (unpaired) electrons. The fourth-order valence-corrected chi connectivity index (χ4v) is 1.76. The first-order valence-electron chi connectivity index (χ1n) is 5.76. The minimum Gasteiger partial charge on any atom is -0.497 e. The average Bonchev–Trinajstić information content (AvgIpc) is 2.75. The summed E-state index contributed by atoms with van der Waals surface area (Å²) < 4.78 is 6.83.